The van der Waals surface area contributed by atoms with Crippen LogP contribution in [-0.2, 0) is 4.84 Å². The average molecular weight is 357 g/mol. The van der Waals surface area contributed by atoms with Gasteiger partial charge < -0.3 is 5.21 Å². The standard InChI is InChI=1S/C23H19NO3/c1-16(27-24(26)20-10-6-7-17(13-20)15-25)23-21-11-4-2-8-18(21)14-19-9-3-5-12-22(19)23/h2-16,24H,1H3. The Morgan fingerprint density at radius 3 is 2.15 bits per heavy atom. The van der Waals surface area contributed by atoms with E-state index in [1.807, 2.05) is 31.2 Å². The van der Waals surface area contributed by atoms with Crippen molar-refractivity contribution >= 4 is 33.5 Å². The molecule has 4 heteroatoms. The lowest BCUT2D eigenvalue weighted by molar-refractivity contribution is -1.01. The molecule has 4 aromatic carbocycles. The highest BCUT2D eigenvalue weighted by Crippen LogP contribution is 2.33. The van der Waals surface area contributed by atoms with Crippen molar-refractivity contribution in [2.24, 2.45) is 0 Å². The topological polar surface area (TPSA) is 53.8 Å². The van der Waals surface area contributed by atoms with Crippen LogP contribution in [0.1, 0.15) is 28.9 Å². The highest BCUT2D eigenvalue weighted by molar-refractivity contribution is 6.02. The van der Waals surface area contributed by atoms with E-state index in [1.54, 1.807) is 24.3 Å². The summed E-state index contributed by atoms with van der Waals surface area (Å²) >= 11 is 0. The van der Waals surface area contributed by atoms with Gasteiger partial charge in [0.1, 0.15) is 12.4 Å². The third kappa shape index (κ3) is 3.34. The number of fused-ring (bicyclic) bond motifs is 2. The smallest absolute Gasteiger partial charge is 0.164 e. The van der Waals surface area contributed by atoms with Crippen molar-refractivity contribution in [3.63, 3.8) is 0 Å². The third-order valence-electron chi connectivity index (χ3n) is 4.76. The van der Waals surface area contributed by atoms with Crippen molar-refractivity contribution in [3.05, 3.63) is 95.2 Å². The lowest BCUT2D eigenvalue weighted by Crippen LogP contribution is -3.01. The van der Waals surface area contributed by atoms with Gasteiger partial charge in [-0.2, -0.15) is 10.1 Å². The fourth-order valence-electron chi connectivity index (χ4n) is 3.51. The number of benzene rings is 4. The van der Waals surface area contributed by atoms with Crippen LogP contribution in [0.25, 0.3) is 21.5 Å². The van der Waals surface area contributed by atoms with Crippen molar-refractivity contribution in [1.82, 2.24) is 0 Å². The quantitative estimate of drug-likeness (QED) is 0.325. The summed E-state index contributed by atoms with van der Waals surface area (Å²) in [7, 11) is 0. The van der Waals surface area contributed by atoms with Crippen LogP contribution in [-0.4, -0.2) is 6.29 Å². The summed E-state index contributed by atoms with van der Waals surface area (Å²) < 4.78 is 0. The lowest BCUT2D eigenvalue weighted by atomic mass is 9.94. The second-order valence-corrected chi connectivity index (χ2v) is 6.52. The molecule has 0 aliphatic carbocycles. The Labute approximate surface area is 157 Å². The molecule has 0 aliphatic heterocycles. The molecule has 0 spiro atoms. The van der Waals surface area contributed by atoms with Crippen LogP contribution in [0.4, 0.5) is 5.69 Å². The number of carbonyl (C=O) groups excluding carboxylic acids is 1. The first kappa shape index (κ1) is 17.4. The molecule has 0 aromatic heterocycles. The van der Waals surface area contributed by atoms with Crippen LogP contribution >= 0.6 is 0 Å². The largest absolute Gasteiger partial charge is 0.595 e. The lowest BCUT2D eigenvalue weighted by Gasteiger charge is -2.25. The van der Waals surface area contributed by atoms with E-state index in [0.717, 1.165) is 33.4 Å². The third-order valence-corrected chi connectivity index (χ3v) is 4.76. The molecule has 27 heavy (non-hydrogen) atoms. The molecule has 0 aliphatic rings. The van der Waals surface area contributed by atoms with Gasteiger partial charge in [-0.25, -0.2) is 0 Å². The number of quaternary nitrogens is 1. The van der Waals surface area contributed by atoms with Gasteiger partial charge in [0.25, 0.3) is 0 Å². The van der Waals surface area contributed by atoms with Gasteiger partial charge >= 0.3 is 0 Å². The van der Waals surface area contributed by atoms with E-state index < -0.39 is 11.3 Å². The maximum Gasteiger partial charge on any atom is 0.164 e. The average Bonchev–Trinajstić information content (AvgIpc) is 2.71. The minimum atomic E-state index is -0.441. The van der Waals surface area contributed by atoms with Gasteiger partial charge in [0.2, 0.25) is 0 Å². The first-order valence-corrected chi connectivity index (χ1v) is 8.84. The molecule has 2 atom stereocenters. The Hall–Kier alpha value is -3.05. The molecule has 0 amide bonds. The molecule has 4 aromatic rings. The Balaban J connectivity index is 1.77. The van der Waals surface area contributed by atoms with Crippen molar-refractivity contribution < 1.29 is 14.9 Å². The van der Waals surface area contributed by atoms with Gasteiger partial charge in [0, 0.05) is 23.3 Å². The number of hydrogen-bond donors (Lipinski definition) is 1. The Morgan fingerprint density at radius 2 is 1.52 bits per heavy atom. The zero-order valence-electron chi connectivity index (χ0n) is 14.9. The number of nitrogens with one attached hydrogen (secondary N) is 1. The number of hydrogen-bond acceptors (Lipinski definition) is 3. The van der Waals surface area contributed by atoms with Crippen molar-refractivity contribution in [3.8, 4) is 0 Å². The van der Waals surface area contributed by atoms with Crippen molar-refractivity contribution in [1.29, 1.82) is 0 Å². The molecule has 0 saturated carbocycles. The predicted octanol–water partition coefficient (Wildman–Crippen LogP) is 4.51. The van der Waals surface area contributed by atoms with Crippen LogP contribution < -0.4 is 5.23 Å². The summed E-state index contributed by atoms with van der Waals surface area (Å²) in [5.74, 6) is 0. The van der Waals surface area contributed by atoms with Gasteiger partial charge in [-0.1, -0.05) is 60.7 Å². The molecule has 0 heterocycles. The predicted molar refractivity (Wildman–Crippen MR) is 107 cm³/mol. The van der Waals surface area contributed by atoms with Crippen LogP contribution in [0.2, 0.25) is 0 Å². The van der Waals surface area contributed by atoms with E-state index in [2.05, 4.69) is 30.3 Å². The number of carbonyl (C=O) groups is 1. The van der Waals surface area contributed by atoms with E-state index >= 15 is 0 Å². The minimum absolute atomic E-state index is 0.371. The number of aldehydes is 1. The molecule has 4 nitrogen and oxygen atoms in total. The molecule has 1 N–H and O–H groups in total. The molecule has 0 bridgehead atoms. The van der Waals surface area contributed by atoms with Gasteiger partial charge in [-0.3, -0.25) is 4.79 Å². The Bertz CT molecular complexity index is 1070. The van der Waals surface area contributed by atoms with Gasteiger partial charge in [-0.15, -0.1) is 0 Å². The molecule has 0 radical (unpaired) electrons. The van der Waals surface area contributed by atoms with Gasteiger partial charge in [0.15, 0.2) is 5.69 Å². The summed E-state index contributed by atoms with van der Waals surface area (Å²) in [6, 6.07) is 24.9. The Morgan fingerprint density at radius 1 is 0.889 bits per heavy atom. The fourth-order valence-corrected chi connectivity index (χ4v) is 3.51. The fraction of sp³-hybridized carbons (Fsp3) is 0.0870. The highest BCUT2D eigenvalue weighted by atomic mass is 16.9. The van der Waals surface area contributed by atoms with Gasteiger partial charge in [-0.05, 0) is 34.5 Å². The first-order valence-electron chi connectivity index (χ1n) is 8.84. The van der Waals surface area contributed by atoms with Gasteiger partial charge in [0.05, 0.1) is 0 Å². The van der Waals surface area contributed by atoms with Crippen LogP contribution in [0.5, 0.6) is 0 Å². The normalized spacial score (nSPS) is 13.6. The summed E-state index contributed by atoms with van der Waals surface area (Å²) in [6.45, 7) is 1.88. The zero-order chi connectivity index (χ0) is 18.8. The van der Waals surface area contributed by atoms with Crippen molar-refractivity contribution in [2.75, 3.05) is 0 Å². The van der Waals surface area contributed by atoms with E-state index in [0.29, 0.717) is 11.3 Å². The van der Waals surface area contributed by atoms with Crippen LogP contribution in [0, 0.1) is 5.21 Å². The monoisotopic (exact) mass is 357 g/mol. The molecular weight excluding hydrogens is 338 g/mol. The van der Waals surface area contributed by atoms with E-state index in [-0.39, 0.29) is 0 Å². The molecule has 2 unspecified atom stereocenters. The Kier molecular flexibility index (Phi) is 4.69. The highest BCUT2D eigenvalue weighted by Gasteiger charge is 2.18. The molecule has 0 fully saturated rings. The summed E-state index contributed by atoms with van der Waals surface area (Å²) in [4.78, 5) is 16.7. The first-order chi connectivity index (χ1) is 13.2. The zero-order valence-corrected chi connectivity index (χ0v) is 14.9. The molecular formula is C23H19NO3. The molecule has 4 rings (SSSR count). The summed E-state index contributed by atoms with van der Waals surface area (Å²) in [5.41, 5.74) is 1.81. The van der Waals surface area contributed by atoms with E-state index in [4.69, 9.17) is 4.84 Å². The molecule has 0 saturated heterocycles. The second kappa shape index (κ2) is 7.29. The second-order valence-electron chi connectivity index (χ2n) is 6.52. The van der Waals surface area contributed by atoms with E-state index in [1.165, 1.54) is 0 Å². The summed E-state index contributed by atoms with van der Waals surface area (Å²) in [5, 5.41) is 16.5. The van der Waals surface area contributed by atoms with Crippen LogP contribution in [0.3, 0.4) is 0 Å². The minimum Gasteiger partial charge on any atom is -0.595 e. The van der Waals surface area contributed by atoms with E-state index in [9.17, 15) is 10.0 Å². The maximum atomic E-state index is 12.6. The summed E-state index contributed by atoms with van der Waals surface area (Å²) in [6.07, 6.45) is 0.284. The van der Waals surface area contributed by atoms with Crippen LogP contribution in [0.15, 0.2) is 78.9 Å². The molecule has 134 valence electrons. The van der Waals surface area contributed by atoms with Crippen molar-refractivity contribution in [2.45, 2.75) is 13.0 Å². The maximum absolute atomic E-state index is 12.6. The SMILES string of the molecule is CC(O[NH+]([O-])c1cccc(C=O)c1)c1c2ccccc2cc2ccccc12. The number of rotatable bonds is 5.